The zero-order chi connectivity index (χ0) is 10.7. The molecular weight excluding hydrogens is 192 g/mol. The third-order valence-electron chi connectivity index (χ3n) is 3.75. The lowest BCUT2D eigenvalue weighted by Gasteiger charge is -2.53. The molecule has 0 radical (unpaired) electrons. The molecule has 2 nitrogen and oxygen atoms in total. The molecule has 0 aliphatic carbocycles. The summed E-state index contributed by atoms with van der Waals surface area (Å²) in [4.78, 5) is 0. The molecular formula is C11H26N2S+2. The fraction of sp³-hybridized carbons (Fsp3) is 1.00. The molecule has 3 aliphatic rings. The van der Waals surface area contributed by atoms with Crippen molar-refractivity contribution in [2.45, 2.75) is 13.8 Å². The number of hydrogen-bond donors (Lipinski definition) is 0. The number of thioether (sulfide) groups is 1. The van der Waals surface area contributed by atoms with Crippen molar-refractivity contribution in [1.29, 1.82) is 0 Å². The number of rotatable bonds is 2. The molecule has 2 bridgehead atoms. The Morgan fingerprint density at radius 3 is 1.71 bits per heavy atom. The molecule has 0 aromatic rings. The fourth-order valence-electron chi connectivity index (χ4n) is 2.50. The van der Waals surface area contributed by atoms with Gasteiger partial charge in [0.25, 0.3) is 0 Å². The number of hydrogen-bond acceptors (Lipinski definition) is 1. The molecule has 3 heterocycles. The van der Waals surface area contributed by atoms with Crippen LogP contribution in [-0.2, 0) is 0 Å². The van der Waals surface area contributed by atoms with Crippen molar-refractivity contribution < 1.29 is 8.97 Å². The van der Waals surface area contributed by atoms with E-state index in [-0.39, 0.29) is 0 Å². The van der Waals surface area contributed by atoms with Crippen molar-refractivity contribution in [3.63, 3.8) is 0 Å². The third kappa shape index (κ3) is 2.44. The van der Waals surface area contributed by atoms with Crippen LogP contribution in [0.3, 0.4) is 0 Å². The first-order valence-corrected chi connectivity index (χ1v) is 7.25. The van der Waals surface area contributed by atoms with E-state index in [1.165, 1.54) is 54.1 Å². The predicted molar refractivity (Wildman–Crippen MR) is 65.4 cm³/mol. The minimum Gasteiger partial charge on any atom is -0.312 e. The van der Waals surface area contributed by atoms with Gasteiger partial charge in [-0.1, -0.05) is 13.8 Å². The van der Waals surface area contributed by atoms with Gasteiger partial charge in [-0.05, 0) is 6.26 Å². The minimum atomic E-state index is 1.35. The first-order chi connectivity index (χ1) is 6.68. The summed E-state index contributed by atoms with van der Waals surface area (Å²) in [5, 5.41) is 0. The summed E-state index contributed by atoms with van der Waals surface area (Å²) in [5.74, 6) is 1.35. The van der Waals surface area contributed by atoms with Gasteiger partial charge in [0, 0.05) is 0 Å². The van der Waals surface area contributed by atoms with Crippen LogP contribution in [0.5, 0.6) is 0 Å². The normalized spacial score (nSPS) is 40.3. The van der Waals surface area contributed by atoms with Crippen LogP contribution in [0.4, 0.5) is 0 Å². The van der Waals surface area contributed by atoms with Crippen LogP contribution in [0.1, 0.15) is 13.8 Å². The third-order valence-corrected chi connectivity index (χ3v) is 4.55. The standard InChI is InChI=1S/C9H20N2S.C2H6/c1-10-3-6-11(7-4-10,8-5-10)9-12-2;1-2/h3-9H2,1-2H3;1-2H3/q+2;. The second-order valence-electron chi connectivity index (χ2n) is 4.72. The predicted octanol–water partition coefficient (Wildman–Crippen LogP) is 1.62. The summed E-state index contributed by atoms with van der Waals surface area (Å²) in [6.45, 7) is 12.5. The molecule has 3 saturated heterocycles. The summed E-state index contributed by atoms with van der Waals surface area (Å²) < 4.78 is 2.77. The van der Waals surface area contributed by atoms with Gasteiger partial charge in [0.05, 0.1) is 7.05 Å². The zero-order valence-corrected chi connectivity index (χ0v) is 11.1. The number of fused-ring (bicyclic) bond motifs is 3. The van der Waals surface area contributed by atoms with E-state index in [2.05, 4.69) is 13.3 Å². The molecule has 0 atom stereocenters. The topological polar surface area (TPSA) is 0 Å². The quantitative estimate of drug-likeness (QED) is 0.635. The van der Waals surface area contributed by atoms with E-state index in [1.54, 1.807) is 0 Å². The largest absolute Gasteiger partial charge is 0.312 e. The molecule has 0 N–H and O–H groups in total. The zero-order valence-electron chi connectivity index (χ0n) is 10.3. The van der Waals surface area contributed by atoms with Gasteiger partial charge in [-0.3, -0.25) is 0 Å². The Morgan fingerprint density at radius 2 is 1.36 bits per heavy atom. The Labute approximate surface area is 93.4 Å². The van der Waals surface area contributed by atoms with Crippen LogP contribution in [0, 0.1) is 0 Å². The Hall–Kier alpha value is 0.270. The molecule has 14 heavy (non-hydrogen) atoms. The average molecular weight is 218 g/mol. The van der Waals surface area contributed by atoms with Crippen LogP contribution >= 0.6 is 11.8 Å². The molecule has 0 unspecified atom stereocenters. The van der Waals surface area contributed by atoms with E-state index in [9.17, 15) is 0 Å². The second kappa shape index (κ2) is 4.86. The highest BCUT2D eigenvalue weighted by Crippen LogP contribution is 2.26. The first-order valence-electron chi connectivity index (χ1n) is 5.86. The maximum absolute atomic E-state index is 2.42. The van der Waals surface area contributed by atoms with Crippen molar-refractivity contribution in [2.75, 3.05) is 58.4 Å². The summed E-state index contributed by atoms with van der Waals surface area (Å²) in [6, 6.07) is 0. The Bertz CT molecular complexity index is 158. The van der Waals surface area contributed by atoms with E-state index in [4.69, 9.17) is 0 Å². The van der Waals surface area contributed by atoms with Crippen LogP contribution in [0.2, 0.25) is 0 Å². The summed E-state index contributed by atoms with van der Waals surface area (Å²) in [6.07, 6.45) is 2.24. The van der Waals surface area contributed by atoms with Gasteiger partial charge >= 0.3 is 0 Å². The molecule has 0 aromatic carbocycles. The summed E-state index contributed by atoms with van der Waals surface area (Å²) >= 11 is 2.02. The van der Waals surface area contributed by atoms with Gasteiger partial charge in [-0.25, -0.2) is 0 Å². The average Bonchev–Trinajstić information content (AvgIpc) is 2.24. The van der Waals surface area contributed by atoms with E-state index in [0.717, 1.165) is 0 Å². The van der Waals surface area contributed by atoms with E-state index in [0.29, 0.717) is 0 Å². The summed E-state index contributed by atoms with van der Waals surface area (Å²) in [5.41, 5.74) is 0. The number of piperazine rings is 3. The number of nitrogens with zero attached hydrogens (tertiary/aromatic N) is 2. The molecule has 0 amide bonds. The Kier molecular flexibility index (Phi) is 4.29. The van der Waals surface area contributed by atoms with Crippen molar-refractivity contribution in [1.82, 2.24) is 0 Å². The smallest absolute Gasteiger partial charge is 0.129 e. The highest BCUT2D eigenvalue weighted by molar-refractivity contribution is 7.98. The van der Waals surface area contributed by atoms with Gasteiger partial charge < -0.3 is 8.97 Å². The molecule has 3 fully saturated rings. The lowest BCUT2D eigenvalue weighted by Crippen LogP contribution is -2.73. The fourth-order valence-corrected chi connectivity index (χ4v) is 3.43. The van der Waals surface area contributed by atoms with Gasteiger partial charge in [0.1, 0.15) is 45.1 Å². The Morgan fingerprint density at radius 1 is 0.929 bits per heavy atom. The van der Waals surface area contributed by atoms with Crippen molar-refractivity contribution in [3.05, 3.63) is 0 Å². The minimum absolute atomic E-state index is 1.35. The van der Waals surface area contributed by atoms with Gasteiger partial charge in [0.2, 0.25) is 0 Å². The van der Waals surface area contributed by atoms with Gasteiger partial charge in [-0.15, -0.1) is 11.8 Å². The van der Waals surface area contributed by atoms with Crippen LogP contribution in [-0.4, -0.2) is 67.4 Å². The number of likely N-dealkylation sites (N-methyl/N-ethyl adjacent to an activating group) is 1. The van der Waals surface area contributed by atoms with Gasteiger partial charge in [0.15, 0.2) is 0 Å². The lowest BCUT2D eigenvalue weighted by atomic mass is 10.1. The molecule has 3 heteroatoms. The van der Waals surface area contributed by atoms with Crippen LogP contribution in [0.25, 0.3) is 0 Å². The highest BCUT2D eigenvalue weighted by atomic mass is 32.2. The van der Waals surface area contributed by atoms with E-state index in [1.807, 2.05) is 25.6 Å². The second-order valence-corrected chi connectivity index (χ2v) is 5.56. The van der Waals surface area contributed by atoms with Gasteiger partial charge in [-0.2, -0.15) is 0 Å². The first kappa shape index (κ1) is 12.3. The van der Waals surface area contributed by atoms with E-state index >= 15 is 0 Å². The molecule has 3 aliphatic heterocycles. The maximum atomic E-state index is 2.42. The van der Waals surface area contributed by atoms with Crippen molar-refractivity contribution in [3.8, 4) is 0 Å². The highest BCUT2D eigenvalue weighted by Gasteiger charge is 2.46. The van der Waals surface area contributed by atoms with Crippen molar-refractivity contribution in [2.24, 2.45) is 0 Å². The summed E-state index contributed by atoms with van der Waals surface area (Å²) in [7, 11) is 2.42. The Balaban J connectivity index is 0.000000461. The van der Waals surface area contributed by atoms with E-state index < -0.39 is 0 Å². The molecule has 84 valence electrons. The number of quaternary nitrogens is 2. The van der Waals surface area contributed by atoms with Crippen molar-refractivity contribution >= 4 is 11.8 Å². The van der Waals surface area contributed by atoms with Crippen LogP contribution in [0.15, 0.2) is 0 Å². The molecule has 3 rings (SSSR count). The van der Waals surface area contributed by atoms with Crippen LogP contribution < -0.4 is 0 Å². The lowest BCUT2D eigenvalue weighted by molar-refractivity contribution is -1.07. The molecule has 0 saturated carbocycles. The monoisotopic (exact) mass is 218 g/mol. The SMILES string of the molecule is CC.CSC[N+]12CC[N+](C)(CC1)CC2. The molecule has 0 aromatic heterocycles. The molecule has 0 spiro atoms. The maximum Gasteiger partial charge on any atom is 0.129 e.